The van der Waals surface area contributed by atoms with Gasteiger partial charge in [-0.15, -0.1) is 0 Å². The maximum atomic E-state index is 12.1. The fourth-order valence-electron chi connectivity index (χ4n) is 2.68. The highest BCUT2D eigenvalue weighted by atomic mass is 16.4. The van der Waals surface area contributed by atoms with Crippen molar-refractivity contribution in [2.75, 3.05) is 13.1 Å². The van der Waals surface area contributed by atoms with E-state index in [2.05, 4.69) is 12.2 Å². The Bertz CT molecular complexity index is 516. The summed E-state index contributed by atoms with van der Waals surface area (Å²) in [6.45, 7) is 3.42. The number of urea groups is 1. The third-order valence-electron chi connectivity index (χ3n) is 3.93. The molecule has 1 atom stereocenters. The molecule has 2 N–H and O–H groups in total. The van der Waals surface area contributed by atoms with Crippen LogP contribution in [0.5, 0.6) is 0 Å². The lowest BCUT2D eigenvalue weighted by molar-refractivity contribution is 0.0696. The molecule has 1 aliphatic rings. The van der Waals surface area contributed by atoms with Gasteiger partial charge in [-0.3, -0.25) is 0 Å². The summed E-state index contributed by atoms with van der Waals surface area (Å²) in [5, 5.41) is 11.9. The van der Waals surface area contributed by atoms with Crippen LogP contribution in [0.25, 0.3) is 0 Å². The van der Waals surface area contributed by atoms with Crippen LogP contribution < -0.4 is 5.32 Å². The van der Waals surface area contributed by atoms with Gasteiger partial charge in [-0.05, 0) is 50.3 Å². The summed E-state index contributed by atoms with van der Waals surface area (Å²) in [6.07, 6.45) is 3.95. The first kappa shape index (κ1) is 15.4. The van der Waals surface area contributed by atoms with Gasteiger partial charge in [0.05, 0.1) is 5.56 Å². The molecule has 5 heteroatoms. The second-order valence-corrected chi connectivity index (χ2v) is 5.53. The van der Waals surface area contributed by atoms with E-state index >= 15 is 0 Å². The van der Waals surface area contributed by atoms with Crippen molar-refractivity contribution in [3.8, 4) is 0 Å². The van der Waals surface area contributed by atoms with E-state index in [1.165, 1.54) is 6.42 Å². The molecule has 1 heterocycles. The summed E-state index contributed by atoms with van der Waals surface area (Å²) in [5.74, 6) is -0.928. The van der Waals surface area contributed by atoms with E-state index < -0.39 is 5.97 Å². The number of nitrogens with one attached hydrogen (secondary N) is 1. The number of carbonyl (C=O) groups is 2. The molecule has 114 valence electrons. The van der Waals surface area contributed by atoms with Crippen molar-refractivity contribution in [2.45, 2.75) is 38.6 Å². The van der Waals surface area contributed by atoms with Gasteiger partial charge in [-0.2, -0.15) is 0 Å². The Morgan fingerprint density at radius 3 is 2.90 bits per heavy atom. The van der Waals surface area contributed by atoms with Crippen molar-refractivity contribution in [1.82, 2.24) is 10.2 Å². The molecular formula is C16H22N2O3. The molecule has 1 unspecified atom stereocenters. The van der Waals surface area contributed by atoms with Gasteiger partial charge in [0.25, 0.3) is 0 Å². The van der Waals surface area contributed by atoms with Crippen LogP contribution in [0, 0.1) is 0 Å². The monoisotopic (exact) mass is 290 g/mol. The van der Waals surface area contributed by atoms with Crippen molar-refractivity contribution < 1.29 is 14.7 Å². The normalized spacial score (nSPS) is 18.3. The van der Waals surface area contributed by atoms with Gasteiger partial charge in [0.2, 0.25) is 0 Å². The number of carboxylic acid groups (broad SMARTS) is 1. The Balaban J connectivity index is 1.82. The number of likely N-dealkylation sites (tertiary alicyclic amines) is 1. The van der Waals surface area contributed by atoms with Crippen molar-refractivity contribution >= 4 is 12.0 Å². The predicted octanol–water partition coefficient (Wildman–Crippen LogP) is 2.51. The number of nitrogens with zero attached hydrogens (tertiary/aromatic N) is 1. The molecule has 2 amide bonds. The lowest BCUT2D eigenvalue weighted by Crippen LogP contribution is -2.47. The summed E-state index contributed by atoms with van der Waals surface area (Å²) in [6, 6.07) is 7.11. The summed E-state index contributed by atoms with van der Waals surface area (Å²) >= 11 is 0. The lowest BCUT2D eigenvalue weighted by Gasteiger charge is -2.33. The third kappa shape index (κ3) is 4.21. The van der Waals surface area contributed by atoms with Gasteiger partial charge in [0.15, 0.2) is 0 Å². The highest BCUT2D eigenvalue weighted by Gasteiger charge is 2.22. The zero-order valence-corrected chi connectivity index (χ0v) is 12.3. The van der Waals surface area contributed by atoms with Gasteiger partial charge in [-0.1, -0.05) is 12.1 Å². The van der Waals surface area contributed by atoms with Crippen LogP contribution in [0.1, 0.15) is 42.1 Å². The number of rotatable bonds is 4. The standard InChI is InChI=1S/C16H22N2O3/c1-12-5-2-3-10-18(12)16(21)17-9-8-13-6-4-7-14(11-13)15(19)20/h4,6-7,11-12H,2-3,5,8-10H2,1H3,(H,17,21)(H,19,20). The number of carboxylic acids is 1. The first-order valence-electron chi connectivity index (χ1n) is 7.44. The molecule has 0 aliphatic carbocycles. The molecule has 0 bridgehead atoms. The van der Waals surface area contributed by atoms with Crippen LogP contribution in [-0.4, -0.2) is 41.1 Å². The maximum Gasteiger partial charge on any atom is 0.335 e. The summed E-state index contributed by atoms with van der Waals surface area (Å²) in [7, 11) is 0. The van der Waals surface area contributed by atoms with E-state index in [9.17, 15) is 9.59 Å². The largest absolute Gasteiger partial charge is 0.478 e. The third-order valence-corrected chi connectivity index (χ3v) is 3.93. The molecule has 0 spiro atoms. The Hall–Kier alpha value is -2.04. The number of amides is 2. The van der Waals surface area contributed by atoms with Gasteiger partial charge in [-0.25, -0.2) is 9.59 Å². The van der Waals surface area contributed by atoms with Crippen LogP contribution in [0.4, 0.5) is 4.79 Å². The number of piperidine rings is 1. The van der Waals surface area contributed by atoms with E-state index in [1.807, 2.05) is 11.0 Å². The molecular weight excluding hydrogens is 268 g/mol. The van der Waals surface area contributed by atoms with Gasteiger partial charge < -0.3 is 15.3 Å². The summed E-state index contributed by atoms with van der Waals surface area (Å²) in [5.41, 5.74) is 1.20. The van der Waals surface area contributed by atoms with E-state index in [0.717, 1.165) is 24.9 Å². The van der Waals surface area contributed by atoms with Crippen molar-refractivity contribution in [2.24, 2.45) is 0 Å². The topological polar surface area (TPSA) is 69.6 Å². The molecule has 1 saturated heterocycles. The van der Waals surface area contributed by atoms with E-state index in [-0.39, 0.29) is 11.6 Å². The van der Waals surface area contributed by atoms with Crippen molar-refractivity contribution in [1.29, 1.82) is 0 Å². The molecule has 1 aromatic rings. The molecule has 0 saturated carbocycles. The summed E-state index contributed by atoms with van der Waals surface area (Å²) in [4.78, 5) is 24.9. The molecule has 1 aromatic carbocycles. The van der Waals surface area contributed by atoms with E-state index in [1.54, 1.807) is 18.2 Å². The van der Waals surface area contributed by atoms with E-state index in [0.29, 0.717) is 19.0 Å². The zero-order chi connectivity index (χ0) is 15.2. The molecule has 0 radical (unpaired) electrons. The van der Waals surface area contributed by atoms with Crippen molar-refractivity contribution in [3.63, 3.8) is 0 Å². The lowest BCUT2D eigenvalue weighted by atomic mass is 10.0. The fraction of sp³-hybridized carbons (Fsp3) is 0.500. The van der Waals surface area contributed by atoms with Gasteiger partial charge in [0.1, 0.15) is 0 Å². The van der Waals surface area contributed by atoms with Crippen LogP contribution >= 0.6 is 0 Å². The summed E-state index contributed by atoms with van der Waals surface area (Å²) < 4.78 is 0. The van der Waals surface area contributed by atoms with E-state index in [4.69, 9.17) is 5.11 Å². The minimum atomic E-state index is -0.928. The fourth-order valence-corrected chi connectivity index (χ4v) is 2.68. The number of hydrogen-bond acceptors (Lipinski definition) is 2. The van der Waals surface area contributed by atoms with Crippen molar-refractivity contribution in [3.05, 3.63) is 35.4 Å². The second kappa shape index (κ2) is 7.11. The smallest absolute Gasteiger partial charge is 0.335 e. The minimum Gasteiger partial charge on any atom is -0.478 e. The first-order valence-corrected chi connectivity index (χ1v) is 7.44. The molecule has 2 rings (SSSR count). The Kier molecular flexibility index (Phi) is 5.20. The Morgan fingerprint density at radius 2 is 2.19 bits per heavy atom. The number of hydrogen-bond donors (Lipinski definition) is 2. The van der Waals surface area contributed by atoms with Gasteiger partial charge in [0, 0.05) is 19.1 Å². The van der Waals surface area contributed by atoms with Gasteiger partial charge >= 0.3 is 12.0 Å². The molecule has 5 nitrogen and oxygen atoms in total. The molecule has 1 fully saturated rings. The quantitative estimate of drug-likeness (QED) is 0.895. The SMILES string of the molecule is CC1CCCCN1C(=O)NCCc1cccc(C(=O)O)c1. The average Bonchev–Trinajstić information content (AvgIpc) is 2.48. The maximum absolute atomic E-state index is 12.1. The van der Waals surface area contributed by atoms with Crippen LogP contribution in [-0.2, 0) is 6.42 Å². The molecule has 21 heavy (non-hydrogen) atoms. The van der Waals surface area contributed by atoms with Crippen LogP contribution in [0.15, 0.2) is 24.3 Å². The highest BCUT2D eigenvalue weighted by Crippen LogP contribution is 2.16. The first-order chi connectivity index (χ1) is 10.1. The average molecular weight is 290 g/mol. The Morgan fingerprint density at radius 1 is 1.38 bits per heavy atom. The van der Waals surface area contributed by atoms with Crippen LogP contribution in [0.2, 0.25) is 0 Å². The molecule has 0 aromatic heterocycles. The minimum absolute atomic E-state index is 0.0170. The second-order valence-electron chi connectivity index (χ2n) is 5.53. The highest BCUT2D eigenvalue weighted by molar-refractivity contribution is 5.87. The van der Waals surface area contributed by atoms with Crippen LogP contribution in [0.3, 0.4) is 0 Å². The number of carbonyl (C=O) groups excluding carboxylic acids is 1. The zero-order valence-electron chi connectivity index (χ0n) is 12.3. The number of aromatic carboxylic acids is 1. The molecule has 1 aliphatic heterocycles. The predicted molar refractivity (Wildman–Crippen MR) is 80.5 cm³/mol. The Labute approximate surface area is 125 Å². The number of benzene rings is 1.